The van der Waals surface area contributed by atoms with Gasteiger partial charge in [-0.1, -0.05) is 18.5 Å². The van der Waals surface area contributed by atoms with Crippen LogP contribution in [0.1, 0.15) is 26.2 Å². The normalized spacial score (nSPS) is 19.3. The van der Waals surface area contributed by atoms with Crippen molar-refractivity contribution in [3.8, 4) is 5.75 Å². The van der Waals surface area contributed by atoms with E-state index >= 15 is 0 Å². The van der Waals surface area contributed by atoms with Crippen LogP contribution in [-0.4, -0.2) is 37.6 Å². The second-order valence-electron chi connectivity index (χ2n) is 5.70. The topological polar surface area (TPSA) is 41.6 Å². The molecule has 1 aromatic rings. The number of carbonyl (C=O) groups is 1. The average Bonchev–Trinajstić information content (AvgIpc) is 2.45. The van der Waals surface area contributed by atoms with Crippen molar-refractivity contribution in [2.75, 3.05) is 32.1 Å². The first kappa shape index (κ1) is 16.1. The van der Waals surface area contributed by atoms with Crippen molar-refractivity contribution in [3.05, 3.63) is 23.2 Å². The van der Waals surface area contributed by atoms with Crippen molar-refractivity contribution >= 4 is 23.2 Å². The zero-order valence-corrected chi connectivity index (χ0v) is 13.4. The molecule has 1 aromatic carbocycles. The Morgan fingerprint density at radius 2 is 2.33 bits per heavy atom. The fraction of sp³-hybridized carbons (Fsp3) is 0.562. The highest BCUT2D eigenvalue weighted by atomic mass is 35.5. The van der Waals surface area contributed by atoms with Crippen LogP contribution in [0.4, 0.5) is 5.69 Å². The molecule has 0 bridgehead atoms. The third-order valence-electron chi connectivity index (χ3n) is 3.83. The van der Waals surface area contributed by atoms with E-state index in [4.69, 9.17) is 16.3 Å². The van der Waals surface area contributed by atoms with Crippen molar-refractivity contribution < 1.29 is 9.53 Å². The molecular formula is C16H23ClN2O2. The van der Waals surface area contributed by atoms with Crippen molar-refractivity contribution in [2.45, 2.75) is 26.2 Å². The number of methoxy groups -OCH3 is 1. The molecule has 0 saturated carbocycles. The molecule has 116 valence electrons. The predicted molar refractivity (Wildman–Crippen MR) is 86.1 cm³/mol. The second-order valence-corrected chi connectivity index (χ2v) is 6.10. The van der Waals surface area contributed by atoms with Crippen LogP contribution in [0.15, 0.2) is 18.2 Å². The number of amides is 1. The predicted octanol–water partition coefficient (Wildman–Crippen LogP) is 3.41. The number of benzene rings is 1. The number of ether oxygens (including phenoxy) is 1. The molecule has 0 aromatic heterocycles. The van der Waals surface area contributed by atoms with Gasteiger partial charge in [0, 0.05) is 25.2 Å². The quantitative estimate of drug-likeness (QED) is 0.906. The minimum absolute atomic E-state index is 0.0226. The van der Waals surface area contributed by atoms with Gasteiger partial charge in [0.15, 0.2) is 0 Å². The third-order valence-corrected chi connectivity index (χ3v) is 4.13. The van der Waals surface area contributed by atoms with Crippen molar-refractivity contribution in [1.82, 2.24) is 4.90 Å². The summed E-state index contributed by atoms with van der Waals surface area (Å²) in [6.45, 7) is 5.29. The van der Waals surface area contributed by atoms with Gasteiger partial charge in [0.05, 0.1) is 12.1 Å². The fourth-order valence-corrected chi connectivity index (χ4v) is 2.97. The van der Waals surface area contributed by atoms with Gasteiger partial charge in [-0.15, -0.1) is 0 Å². The molecule has 5 heteroatoms. The van der Waals surface area contributed by atoms with Crippen LogP contribution in [0, 0.1) is 5.92 Å². The van der Waals surface area contributed by atoms with Gasteiger partial charge in [0.1, 0.15) is 5.75 Å². The summed E-state index contributed by atoms with van der Waals surface area (Å²) in [5.74, 6) is 1.37. The number of nitrogens with zero attached hydrogens (tertiary/aromatic N) is 1. The van der Waals surface area contributed by atoms with E-state index in [1.54, 1.807) is 25.3 Å². The van der Waals surface area contributed by atoms with Gasteiger partial charge in [0.2, 0.25) is 5.91 Å². The van der Waals surface area contributed by atoms with Crippen LogP contribution in [0.25, 0.3) is 0 Å². The lowest BCUT2D eigenvalue weighted by Crippen LogP contribution is -2.36. The van der Waals surface area contributed by atoms with E-state index in [1.165, 1.54) is 12.8 Å². The number of carbonyl (C=O) groups excluding carboxylic acids is 1. The molecule has 1 atom stereocenters. The molecule has 2 rings (SSSR count). The van der Waals surface area contributed by atoms with Crippen LogP contribution >= 0.6 is 11.6 Å². The van der Waals surface area contributed by atoms with Gasteiger partial charge in [-0.05, 0) is 43.5 Å². The number of hydrogen-bond donors (Lipinski definition) is 1. The van der Waals surface area contributed by atoms with Crippen LogP contribution in [0.2, 0.25) is 5.02 Å². The summed E-state index contributed by atoms with van der Waals surface area (Å²) < 4.78 is 5.09. The summed E-state index contributed by atoms with van der Waals surface area (Å²) >= 11 is 6.04. The number of piperidine rings is 1. The maximum atomic E-state index is 12.0. The Labute approximate surface area is 131 Å². The van der Waals surface area contributed by atoms with Crippen LogP contribution in [0.5, 0.6) is 5.75 Å². The maximum Gasteiger partial charge on any atom is 0.225 e. The summed E-state index contributed by atoms with van der Waals surface area (Å²) in [6.07, 6.45) is 3.04. The van der Waals surface area contributed by atoms with Crippen LogP contribution < -0.4 is 10.1 Å². The average molecular weight is 311 g/mol. The molecular weight excluding hydrogens is 288 g/mol. The molecule has 1 N–H and O–H groups in total. The van der Waals surface area contributed by atoms with Crippen LogP contribution in [0.3, 0.4) is 0 Å². The van der Waals surface area contributed by atoms with E-state index in [0.29, 0.717) is 22.9 Å². The van der Waals surface area contributed by atoms with Gasteiger partial charge < -0.3 is 15.0 Å². The molecule has 0 spiro atoms. The van der Waals surface area contributed by atoms with E-state index in [9.17, 15) is 4.79 Å². The number of hydrogen-bond acceptors (Lipinski definition) is 3. The number of halogens is 1. The molecule has 4 nitrogen and oxygen atoms in total. The van der Waals surface area contributed by atoms with Gasteiger partial charge in [-0.2, -0.15) is 0 Å². The minimum Gasteiger partial charge on any atom is -0.495 e. The van der Waals surface area contributed by atoms with Crippen molar-refractivity contribution in [1.29, 1.82) is 0 Å². The third kappa shape index (κ3) is 4.90. The van der Waals surface area contributed by atoms with E-state index in [-0.39, 0.29) is 5.91 Å². The lowest BCUT2D eigenvalue weighted by Gasteiger charge is -2.30. The largest absolute Gasteiger partial charge is 0.495 e. The number of likely N-dealkylation sites (tertiary alicyclic amines) is 1. The van der Waals surface area contributed by atoms with E-state index < -0.39 is 0 Å². The highest BCUT2D eigenvalue weighted by molar-refractivity contribution is 6.32. The van der Waals surface area contributed by atoms with Crippen LogP contribution in [-0.2, 0) is 4.79 Å². The SMILES string of the molecule is COc1ccc(NC(=O)CCN2CCCC(C)C2)cc1Cl. The summed E-state index contributed by atoms with van der Waals surface area (Å²) in [7, 11) is 1.57. The first-order chi connectivity index (χ1) is 10.1. The monoisotopic (exact) mass is 310 g/mol. The van der Waals surface area contributed by atoms with E-state index in [2.05, 4.69) is 17.1 Å². The summed E-state index contributed by atoms with van der Waals surface area (Å²) in [5.41, 5.74) is 0.706. The Hall–Kier alpha value is -1.26. The van der Waals surface area contributed by atoms with Gasteiger partial charge in [-0.3, -0.25) is 4.79 Å². The van der Waals surface area contributed by atoms with Crippen molar-refractivity contribution in [2.24, 2.45) is 5.92 Å². The van der Waals surface area contributed by atoms with Gasteiger partial charge in [0.25, 0.3) is 0 Å². The number of nitrogens with one attached hydrogen (secondary N) is 1. The van der Waals surface area contributed by atoms with Gasteiger partial charge >= 0.3 is 0 Å². The lowest BCUT2D eigenvalue weighted by atomic mass is 10.0. The lowest BCUT2D eigenvalue weighted by molar-refractivity contribution is -0.116. The molecule has 1 amide bonds. The Morgan fingerprint density at radius 3 is 3.00 bits per heavy atom. The summed E-state index contributed by atoms with van der Waals surface area (Å²) in [4.78, 5) is 14.4. The first-order valence-corrected chi connectivity index (χ1v) is 7.82. The number of rotatable bonds is 5. The Balaban J connectivity index is 1.80. The Morgan fingerprint density at radius 1 is 1.52 bits per heavy atom. The standard InChI is InChI=1S/C16H23ClN2O2/c1-12-4-3-8-19(11-12)9-7-16(20)18-13-5-6-15(21-2)14(17)10-13/h5-6,10,12H,3-4,7-9,11H2,1-2H3,(H,18,20). The zero-order valence-electron chi connectivity index (χ0n) is 12.7. The molecule has 1 fully saturated rings. The zero-order chi connectivity index (χ0) is 15.2. The fourth-order valence-electron chi connectivity index (χ4n) is 2.72. The van der Waals surface area contributed by atoms with E-state index in [0.717, 1.165) is 25.6 Å². The molecule has 1 aliphatic rings. The Bertz CT molecular complexity index is 493. The molecule has 1 unspecified atom stereocenters. The first-order valence-electron chi connectivity index (χ1n) is 7.44. The second kappa shape index (κ2) is 7.66. The number of anilines is 1. The molecule has 21 heavy (non-hydrogen) atoms. The summed E-state index contributed by atoms with van der Waals surface area (Å²) in [6, 6.07) is 5.26. The Kier molecular flexibility index (Phi) is 5.88. The maximum absolute atomic E-state index is 12.0. The van der Waals surface area contributed by atoms with Gasteiger partial charge in [-0.25, -0.2) is 0 Å². The molecule has 1 aliphatic heterocycles. The smallest absolute Gasteiger partial charge is 0.225 e. The molecule has 0 radical (unpaired) electrons. The van der Waals surface area contributed by atoms with E-state index in [1.807, 2.05) is 0 Å². The van der Waals surface area contributed by atoms with Crippen molar-refractivity contribution in [3.63, 3.8) is 0 Å². The molecule has 1 heterocycles. The minimum atomic E-state index is 0.0226. The highest BCUT2D eigenvalue weighted by Gasteiger charge is 2.16. The highest BCUT2D eigenvalue weighted by Crippen LogP contribution is 2.27. The summed E-state index contributed by atoms with van der Waals surface area (Å²) in [5, 5.41) is 3.38. The molecule has 0 aliphatic carbocycles. The molecule has 1 saturated heterocycles.